The minimum Gasteiger partial charge on any atom is -0.363 e. The number of aromatic nitrogens is 1. The van der Waals surface area contributed by atoms with Crippen molar-refractivity contribution >= 4 is 17.5 Å². The first kappa shape index (κ1) is 17.6. The third-order valence-electron chi connectivity index (χ3n) is 5.26. The molecule has 0 N–H and O–H groups in total. The molecule has 1 aromatic heterocycles. The van der Waals surface area contributed by atoms with E-state index in [1.165, 1.54) is 12.1 Å². The van der Waals surface area contributed by atoms with Crippen molar-refractivity contribution in [1.29, 1.82) is 0 Å². The second-order valence-corrected chi connectivity index (χ2v) is 6.96. The van der Waals surface area contributed by atoms with Crippen LogP contribution in [0.3, 0.4) is 0 Å². The van der Waals surface area contributed by atoms with E-state index >= 15 is 0 Å². The normalized spacial score (nSPS) is 19.4. The highest BCUT2D eigenvalue weighted by atomic mass is 19.1. The summed E-state index contributed by atoms with van der Waals surface area (Å²) in [5.41, 5.74) is 0.757. The predicted octanol–water partition coefficient (Wildman–Crippen LogP) is 2.26. The molecule has 2 saturated heterocycles. The molecule has 0 bridgehead atoms. The van der Waals surface area contributed by atoms with E-state index in [1.54, 1.807) is 46.5 Å². The van der Waals surface area contributed by atoms with E-state index in [-0.39, 0.29) is 24.2 Å². The SMILES string of the molecule is O=C(c1cccnc1)N1CCC2(CC1)CN(c1ccc(F)cc1)C(=O)CO2. The molecule has 2 amide bonds. The monoisotopic (exact) mass is 369 g/mol. The van der Waals surface area contributed by atoms with Crippen LogP contribution in [-0.4, -0.2) is 53.5 Å². The zero-order valence-corrected chi connectivity index (χ0v) is 14.8. The van der Waals surface area contributed by atoms with E-state index in [0.717, 1.165) is 0 Å². The van der Waals surface area contributed by atoms with Gasteiger partial charge < -0.3 is 14.5 Å². The maximum Gasteiger partial charge on any atom is 0.255 e. The molecule has 4 rings (SSSR count). The van der Waals surface area contributed by atoms with Crippen LogP contribution >= 0.6 is 0 Å². The Hall–Kier alpha value is -2.80. The lowest BCUT2D eigenvalue weighted by atomic mass is 9.88. The molecule has 0 atom stereocenters. The van der Waals surface area contributed by atoms with Gasteiger partial charge in [0.25, 0.3) is 11.8 Å². The van der Waals surface area contributed by atoms with Crippen molar-refractivity contribution in [2.45, 2.75) is 18.4 Å². The summed E-state index contributed by atoms with van der Waals surface area (Å²) in [7, 11) is 0. The first-order valence-corrected chi connectivity index (χ1v) is 8.96. The molecule has 2 aliphatic rings. The summed E-state index contributed by atoms with van der Waals surface area (Å²) < 4.78 is 19.1. The van der Waals surface area contributed by atoms with Gasteiger partial charge >= 0.3 is 0 Å². The van der Waals surface area contributed by atoms with E-state index in [9.17, 15) is 14.0 Å². The highest BCUT2D eigenvalue weighted by Crippen LogP contribution is 2.33. The molecule has 0 radical (unpaired) electrons. The third-order valence-corrected chi connectivity index (χ3v) is 5.26. The zero-order chi connectivity index (χ0) is 18.9. The maximum atomic E-state index is 13.2. The van der Waals surface area contributed by atoms with Gasteiger partial charge in [0.1, 0.15) is 12.4 Å². The zero-order valence-electron chi connectivity index (χ0n) is 14.8. The van der Waals surface area contributed by atoms with Crippen molar-refractivity contribution in [1.82, 2.24) is 9.88 Å². The molecule has 2 fully saturated rings. The molecule has 0 aliphatic carbocycles. The summed E-state index contributed by atoms with van der Waals surface area (Å²) in [6, 6.07) is 9.40. The number of morpholine rings is 1. The lowest BCUT2D eigenvalue weighted by molar-refractivity contribution is -0.143. The molecule has 6 nitrogen and oxygen atoms in total. The first-order chi connectivity index (χ1) is 13.1. The Balaban J connectivity index is 1.45. The Morgan fingerprint density at radius 2 is 1.89 bits per heavy atom. The number of hydrogen-bond donors (Lipinski definition) is 0. The van der Waals surface area contributed by atoms with Crippen LogP contribution in [0, 0.1) is 5.82 Å². The number of ether oxygens (including phenoxy) is 1. The number of amides is 2. The van der Waals surface area contributed by atoms with Gasteiger partial charge in [0.15, 0.2) is 0 Å². The van der Waals surface area contributed by atoms with Crippen LogP contribution in [0.4, 0.5) is 10.1 Å². The quantitative estimate of drug-likeness (QED) is 0.815. The number of rotatable bonds is 2. The highest BCUT2D eigenvalue weighted by Gasteiger charge is 2.43. The molecule has 0 saturated carbocycles. The maximum absolute atomic E-state index is 13.2. The molecule has 140 valence electrons. The Bertz CT molecular complexity index is 833. The average Bonchev–Trinajstić information content (AvgIpc) is 2.71. The fourth-order valence-electron chi connectivity index (χ4n) is 3.66. The second kappa shape index (κ2) is 7.08. The summed E-state index contributed by atoms with van der Waals surface area (Å²) in [4.78, 5) is 32.3. The molecular weight excluding hydrogens is 349 g/mol. The minimum absolute atomic E-state index is 0.00602. The van der Waals surface area contributed by atoms with E-state index in [1.807, 2.05) is 0 Å². The summed E-state index contributed by atoms with van der Waals surface area (Å²) in [5.74, 6) is -0.516. The van der Waals surface area contributed by atoms with Crippen LogP contribution in [0.1, 0.15) is 23.2 Å². The standard InChI is InChI=1S/C20H20FN3O3/c21-16-3-5-17(6-4-16)24-14-20(27-13-18(24)25)7-10-23(11-8-20)19(26)15-2-1-9-22-12-15/h1-6,9,12H,7-8,10-11,13-14H2. The molecule has 3 heterocycles. The number of nitrogens with zero attached hydrogens (tertiary/aromatic N) is 3. The van der Waals surface area contributed by atoms with Gasteiger partial charge in [-0.25, -0.2) is 4.39 Å². The van der Waals surface area contributed by atoms with Gasteiger partial charge in [-0.3, -0.25) is 14.6 Å². The number of benzene rings is 1. The van der Waals surface area contributed by atoms with Crippen LogP contribution < -0.4 is 4.90 Å². The Morgan fingerprint density at radius 1 is 1.15 bits per heavy atom. The minimum atomic E-state index is -0.478. The Labute approximate surface area is 156 Å². The van der Waals surface area contributed by atoms with Crippen LogP contribution in [0.5, 0.6) is 0 Å². The number of likely N-dealkylation sites (tertiary alicyclic amines) is 1. The second-order valence-electron chi connectivity index (χ2n) is 6.96. The molecular formula is C20H20FN3O3. The average molecular weight is 369 g/mol. The van der Waals surface area contributed by atoms with Gasteiger partial charge in [-0.15, -0.1) is 0 Å². The van der Waals surface area contributed by atoms with E-state index in [2.05, 4.69) is 4.98 Å². The van der Waals surface area contributed by atoms with Crippen molar-refractivity contribution in [2.75, 3.05) is 31.1 Å². The fourth-order valence-corrected chi connectivity index (χ4v) is 3.66. The van der Waals surface area contributed by atoms with Gasteiger partial charge in [-0.1, -0.05) is 0 Å². The number of carbonyl (C=O) groups excluding carboxylic acids is 2. The molecule has 2 aliphatic heterocycles. The number of carbonyl (C=O) groups is 2. The van der Waals surface area contributed by atoms with Crippen LogP contribution in [0.25, 0.3) is 0 Å². The van der Waals surface area contributed by atoms with Crippen molar-refractivity contribution < 1.29 is 18.7 Å². The molecule has 1 aromatic carbocycles. The van der Waals surface area contributed by atoms with Crippen LogP contribution in [-0.2, 0) is 9.53 Å². The summed E-state index contributed by atoms with van der Waals surface area (Å²) in [6.07, 6.45) is 4.49. The van der Waals surface area contributed by atoms with Gasteiger partial charge in [0.05, 0.1) is 17.7 Å². The van der Waals surface area contributed by atoms with Gasteiger partial charge in [0.2, 0.25) is 0 Å². The molecule has 2 aromatic rings. The Kier molecular flexibility index (Phi) is 4.61. The van der Waals surface area contributed by atoms with Crippen LogP contribution in [0.15, 0.2) is 48.8 Å². The molecule has 0 unspecified atom stereocenters. The summed E-state index contributed by atoms with van der Waals surface area (Å²) in [6.45, 7) is 1.51. The smallest absolute Gasteiger partial charge is 0.255 e. The number of halogens is 1. The summed E-state index contributed by atoms with van der Waals surface area (Å²) in [5, 5.41) is 0. The number of piperidine rings is 1. The van der Waals surface area contributed by atoms with E-state index in [0.29, 0.717) is 43.7 Å². The largest absolute Gasteiger partial charge is 0.363 e. The first-order valence-electron chi connectivity index (χ1n) is 8.96. The lowest BCUT2D eigenvalue weighted by Crippen LogP contribution is -2.59. The van der Waals surface area contributed by atoms with Crippen molar-refractivity contribution in [3.63, 3.8) is 0 Å². The Morgan fingerprint density at radius 3 is 2.56 bits per heavy atom. The lowest BCUT2D eigenvalue weighted by Gasteiger charge is -2.47. The number of pyridine rings is 1. The van der Waals surface area contributed by atoms with Crippen molar-refractivity contribution in [2.24, 2.45) is 0 Å². The highest BCUT2D eigenvalue weighted by molar-refractivity contribution is 5.95. The van der Waals surface area contributed by atoms with Gasteiger partial charge in [-0.2, -0.15) is 0 Å². The van der Waals surface area contributed by atoms with E-state index in [4.69, 9.17) is 4.74 Å². The predicted molar refractivity (Wildman–Crippen MR) is 96.8 cm³/mol. The number of anilines is 1. The van der Waals surface area contributed by atoms with E-state index < -0.39 is 5.60 Å². The summed E-state index contributed by atoms with van der Waals surface area (Å²) >= 11 is 0. The molecule has 1 spiro atoms. The number of hydrogen-bond acceptors (Lipinski definition) is 4. The topological polar surface area (TPSA) is 62.7 Å². The van der Waals surface area contributed by atoms with Crippen molar-refractivity contribution in [3.8, 4) is 0 Å². The third kappa shape index (κ3) is 3.55. The molecule has 27 heavy (non-hydrogen) atoms. The fraction of sp³-hybridized carbons (Fsp3) is 0.350. The van der Waals surface area contributed by atoms with Crippen molar-refractivity contribution in [3.05, 3.63) is 60.2 Å². The van der Waals surface area contributed by atoms with Gasteiger partial charge in [-0.05, 0) is 49.2 Å². The van der Waals surface area contributed by atoms with Gasteiger partial charge in [0, 0.05) is 31.2 Å². The molecule has 7 heteroatoms. The van der Waals surface area contributed by atoms with Crippen LogP contribution in [0.2, 0.25) is 0 Å².